The molecule has 0 saturated heterocycles. The summed E-state index contributed by atoms with van der Waals surface area (Å²) in [6.45, 7) is 0. The quantitative estimate of drug-likeness (QED) is 0.299. The molecule has 0 aromatic carbocycles. The summed E-state index contributed by atoms with van der Waals surface area (Å²) < 4.78 is 3.80. The summed E-state index contributed by atoms with van der Waals surface area (Å²) >= 11 is 5.65. The zero-order chi connectivity index (χ0) is 7.44. The van der Waals surface area contributed by atoms with Gasteiger partial charge in [-0.15, -0.1) is 0 Å². The van der Waals surface area contributed by atoms with E-state index in [1.54, 1.807) is 0 Å². The van der Waals surface area contributed by atoms with Crippen molar-refractivity contribution in [3.8, 4) is 0 Å². The molecule has 0 aromatic heterocycles. The number of hydrogen-bond acceptors (Lipinski definition) is 4. The van der Waals surface area contributed by atoms with Gasteiger partial charge in [-0.1, -0.05) is 15.9 Å². The number of carboxylic acids is 1. The Labute approximate surface area is 64.9 Å². The number of halogens is 1. The third-order valence-electron chi connectivity index (χ3n) is 0.514. The molecule has 1 N–H and O–H groups in total. The molecule has 4 nitrogen and oxygen atoms in total. The Balaban J connectivity index is 3.88. The van der Waals surface area contributed by atoms with Gasteiger partial charge in [0.1, 0.15) is 0 Å². The van der Waals surface area contributed by atoms with Crippen molar-refractivity contribution in [2.24, 2.45) is 0 Å². The van der Waals surface area contributed by atoms with E-state index in [1.807, 2.05) is 0 Å². The first-order valence-corrected chi connectivity index (χ1v) is 3.09. The summed E-state index contributed by atoms with van der Waals surface area (Å²) in [7, 11) is 0. The average Bonchev–Trinajstić information content (AvgIpc) is 1.84. The molecule has 0 fully saturated rings. The van der Waals surface area contributed by atoms with E-state index < -0.39 is 16.8 Å². The first-order chi connectivity index (χ1) is 4.09. The van der Waals surface area contributed by atoms with E-state index in [2.05, 4.69) is 33.0 Å². The van der Waals surface area contributed by atoms with E-state index in [-0.39, 0.29) is 0 Å². The second-order valence-corrected chi connectivity index (χ2v) is 2.21. The van der Waals surface area contributed by atoms with Crippen LogP contribution in [0.3, 0.4) is 0 Å². The van der Waals surface area contributed by atoms with Gasteiger partial charge in [0.05, 0.1) is 0 Å². The van der Waals surface area contributed by atoms with Crippen LogP contribution < -0.4 is 0 Å². The lowest BCUT2D eigenvalue weighted by molar-refractivity contribution is -0.143. The van der Waals surface area contributed by atoms with Crippen LogP contribution in [0.5, 0.6) is 0 Å². The molecule has 0 radical (unpaired) electrons. The highest BCUT2D eigenvalue weighted by atomic mass is 79.9. The lowest BCUT2D eigenvalue weighted by atomic mass is 10.4. The highest BCUT2D eigenvalue weighted by Gasteiger charge is 2.23. The Morgan fingerprint density at radius 2 is 2.11 bits per heavy atom. The van der Waals surface area contributed by atoms with Gasteiger partial charge in [-0.25, -0.2) is 4.79 Å². The summed E-state index contributed by atoms with van der Waals surface area (Å²) in [5, 5.41) is 8.10. The number of carboxylic acid groups (broad SMARTS) is 1. The van der Waals surface area contributed by atoms with Gasteiger partial charge in [0.15, 0.2) is 0 Å². The predicted octanol–water partition coefficient (Wildman–Crippen LogP) is 0.223. The van der Waals surface area contributed by atoms with E-state index in [9.17, 15) is 9.59 Å². The normalized spacial score (nSPS) is 12.2. The van der Waals surface area contributed by atoms with Crippen LogP contribution >= 0.6 is 28.8 Å². The van der Waals surface area contributed by atoms with Gasteiger partial charge in [0.25, 0.3) is 0 Å². The number of thiol groups is 1. The first-order valence-electron chi connectivity index (χ1n) is 1.81. The molecule has 0 rings (SSSR count). The summed E-state index contributed by atoms with van der Waals surface area (Å²) in [6.07, 6.45) is 0. The molecule has 9 heavy (non-hydrogen) atoms. The number of carbonyl (C=O) groups excluding carboxylic acids is 1. The van der Waals surface area contributed by atoms with Crippen molar-refractivity contribution < 1.29 is 18.9 Å². The number of carbonyl (C=O) groups is 2. The number of alkyl halides is 1. The van der Waals surface area contributed by atoms with Crippen LogP contribution in [0.2, 0.25) is 0 Å². The molecule has 6 heteroatoms. The molecule has 1 atom stereocenters. The van der Waals surface area contributed by atoms with Crippen LogP contribution in [0, 0.1) is 0 Å². The lowest BCUT2D eigenvalue weighted by Crippen LogP contribution is -2.23. The minimum atomic E-state index is -1.32. The van der Waals surface area contributed by atoms with E-state index in [0.717, 1.165) is 0 Å². The van der Waals surface area contributed by atoms with E-state index in [0.29, 0.717) is 0 Å². The molecule has 1 unspecified atom stereocenters. The van der Waals surface area contributed by atoms with Crippen molar-refractivity contribution in [3.63, 3.8) is 0 Å². The number of hydrogen-bond donors (Lipinski definition) is 2. The highest BCUT2D eigenvalue weighted by Crippen LogP contribution is 2.02. The second kappa shape index (κ2) is 3.73. The van der Waals surface area contributed by atoms with Gasteiger partial charge in [0.2, 0.25) is 4.83 Å². The van der Waals surface area contributed by atoms with Crippen LogP contribution in [0.25, 0.3) is 0 Å². The SMILES string of the molecule is O=C(O)C(Br)C(=O)OS. The highest BCUT2D eigenvalue weighted by molar-refractivity contribution is 9.10. The van der Waals surface area contributed by atoms with Gasteiger partial charge in [-0.05, 0) is 0 Å². The second-order valence-electron chi connectivity index (χ2n) is 1.11. The molecule has 0 bridgehead atoms. The Hall–Kier alpha value is -0.230. The molecule has 0 heterocycles. The van der Waals surface area contributed by atoms with E-state index >= 15 is 0 Å². The fourth-order valence-electron chi connectivity index (χ4n) is 0.147. The van der Waals surface area contributed by atoms with Crippen molar-refractivity contribution in [1.29, 1.82) is 0 Å². The van der Waals surface area contributed by atoms with Crippen LogP contribution in [0.15, 0.2) is 0 Å². The zero-order valence-electron chi connectivity index (χ0n) is 4.07. The standard InChI is InChI=1S/C3H3BrO4S/c4-1(2(5)6)3(7)8-9/h1,9H,(H,5,6). The Morgan fingerprint density at radius 1 is 1.67 bits per heavy atom. The zero-order valence-corrected chi connectivity index (χ0v) is 6.55. The molecule has 0 aliphatic rings. The average molecular weight is 215 g/mol. The Kier molecular flexibility index (Phi) is 3.64. The summed E-state index contributed by atoms with van der Waals surface area (Å²) in [4.78, 5) is 18.8. The van der Waals surface area contributed by atoms with Gasteiger partial charge >= 0.3 is 11.9 Å². The summed E-state index contributed by atoms with van der Waals surface area (Å²) in [6, 6.07) is 0. The van der Waals surface area contributed by atoms with E-state index in [1.165, 1.54) is 0 Å². The number of rotatable bonds is 2. The lowest BCUT2D eigenvalue weighted by Gasteiger charge is -1.97. The Morgan fingerprint density at radius 3 is 2.22 bits per heavy atom. The first kappa shape index (κ1) is 8.77. The van der Waals surface area contributed by atoms with Crippen LogP contribution in [0.1, 0.15) is 0 Å². The molecule has 0 aliphatic heterocycles. The van der Waals surface area contributed by atoms with Crippen LogP contribution in [-0.4, -0.2) is 21.9 Å². The minimum Gasteiger partial charge on any atom is -0.480 e. The fraction of sp³-hybridized carbons (Fsp3) is 0.333. The molecule has 0 aliphatic carbocycles. The topological polar surface area (TPSA) is 63.6 Å². The maximum atomic E-state index is 10.2. The molecule has 0 aromatic rings. The van der Waals surface area contributed by atoms with E-state index in [4.69, 9.17) is 5.11 Å². The van der Waals surface area contributed by atoms with Gasteiger partial charge in [-0.2, -0.15) is 0 Å². The smallest absolute Gasteiger partial charge is 0.343 e. The van der Waals surface area contributed by atoms with Gasteiger partial charge < -0.3 is 9.29 Å². The van der Waals surface area contributed by atoms with Crippen LogP contribution in [0.4, 0.5) is 0 Å². The Bertz CT molecular complexity index is 136. The molecule has 52 valence electrons. The molecule has 0 saturated carbocycles. The van der Waals surface area contributed by atoms with Crippen molar-refractivity contribution >= 4 is 40.8 Å². The summed E-state index contributed by atoms with van der Waals surface area (Å²) in [5.41, 5.74) is 0. The summed E-state index contributed by atoms with van der Waals surface area (Å²) in [5.74, 6) is -2.24. The van der Waals surface area contributed by atoms with Crippen molar-refractivity contribution in [2.45, 2.75) is 4.83 Å². The number of aliphatic carboxylic acids is 1. The third-order valence-corrected chi connectivity index (χ3v) is 1.46. The van der Waals surface area contributed by atoms with Crippen molar-refractivity contribution in [3.05, 3.63) is 0 Å². The van der Waals surface area contributed by atoms with Crippen LogP contribution in [-0.2, 0) is 13.8 Å². The fourth-order valence-corrected chi connectivity index (χ4v) is 0.490. The van der Waals surface area contributed by atoms with Crippen molar-refractivity contribution in [2.75, 3.05) is 0 Å². The minimum absolute atomic E-state index is 0.939. The van der Waals surface area contributed by atoms with Gasteiger partial charge in [0, 0.05) is 12.9 Å². The monoisotopic (exact) mass is 214 g/mol. The third kappa shape index (κ3) is 2.71. The molecule has 0 amide bonds. The molecule has 0 spiro atoms. The maximum absolute atomic E-state index is 10.2. The predicted molar refractivity (Wildman–Crippen MR) is 35.4 cm³/mol. The maximum Gasteiger partial charge on any atom is 0.343 e. The molecular weight excluding hydrogens is 212 g/mol. The largest absolute Gasteiger partial charge is 0.480 e. The molecular formula is C3H3BrO4S. The van der Waals surface area contributed by atoms with Crippen molar-refractivity contribution in [1.82, 2.24) is 0 Å². The van der Waals surface area contributed by atoms with Gasteiger partial charge in [-0.3, -0.25) is 4.79 Å².